The fourth-order valence-electron chi connectivity index (χ4n) is 3.10. The third-order valence-corrected chi connectivity index (χ3v) is 4.65. The molecule has 1 N–H and O–H groups in total. The van der Waals surface area contributed by atoms with Crippen molar-refractivity contribution >= 4 is 0 Å². The van der Waals surface area contributed by atoms with Crippen LogP contribution in [0.5, 0.6) is 0 Å². The molecule has 0 aliphatic carbocycles. The van der Waals surface area contributed by atoms with Crippen LogP contribution in [0.25, 0.3) is 0 Å². The van der Waals surface area contributed by atoms with Crippen LogP contribution < -0.4 is 0 Å². The second-order valence-corrected chi connectivity index (χ2v) is 6.89. The molecule has 0 spiro atoms. The maximum Gasteiger partial charge on any atom is 0.104 e. The molecule has 0 aromatic heterocycles. The van der Waals surface area contributed by atoms with Gasteiger partial charge in [-0.3, -0.25) is 0 Å². The van der Waals surface area contributed by atoms with E-state index >= 15 is 0 Å². The molecule has 0 fully saturated rings. The van der Waals surface area contributed by atoms with Crippen molar-refractivity contribution in [1.29, 1.82) is 0 Å². The molecule has 1 nitrogen and oxygen atoms in total. The molecular formula is C29H20O. The van der Waals surface area contributed by atoms with Gasteiger partial charge in [0.05, 0.1) is 0 Å². The summed E-state index contributed by atoms with van der Waals surface area (Å²) in [5.74, 6) is 12.7. The molecular weight excluding hydrogens is 364 g/mol. The van der Waals surface area contributed by atoms with Crippen molar-refractivity contribution in [2.45, 2.75) is 6.10 Å². The molecule has 0 amide bonds. The summed E-state index contributed by atoms with van der Waals surface area (Å²) < 4.78 is 0. The number of benzene rings is 4. The van der Waals surface area contributed by atoms with E-state index in [0.717, 1.165) is 33.4 Å². The number of hydrogen-bond acceptors (Lipinski definition) is 1. The first-order chi connectivity index (χ1) is 14.8. The van der Waals surface area contributed by atoms with Crippen LogP contribution in [0, 0.1) is 23.7 Å². The average Bonchev–Trinajstić information content (AvgIpc) is 2.83. The van der Waals surface area contributed by atoms with Crippen LogP contribution in [0.3, 0.4) is 0 Å². The molecule has 0 unspecified atom stereocenters. The Hall–Kier alpha value is -4.04. The Bertz CT molecular complexity index is 1150. The van der Waals surface area contributed by atoms with Crippen molar-refractivity contribution in [2.24, 2.45) is 0 Å². The number of aliphatic hydroxyl groups is 1. The van der Waals surface area contributed by atoms with E-state index in [1.807, 2.05) is 109 Å². The normalized spacial score (nSPS) is 9.93. The lowest BCUT2D eigenvalue weighted by Gasteiger charge is -2.12. The summed E-state index contributed by atoms with van der Waals surface area (Å²) in [6.45, 7) is 0. The third kappa shape index (κ3) is 5.06. The molecule has 4 aromatic rings. The van der Waals surface area contributed by atoms with E-state index in [0.29, 0.717) is 0 Å². The van der Waals surface area contributed by atoms with Gasteiger partial charge in [0.2, 0.25) is 0 Å². The van der Waals surface area contributed by atoms with Crippen molar-refractivity contribution in [3.05, 3.63) is 143 Å². The highest BCUT2D eigenvalue weighted by molar-refractivity contribution is 5.47. The van der Waals surface area contributed by atoms with Crippen LogP contribution in [-0.4, -0.2) is 5.11 Å². The first-order valence-electron chi connectivity index (χ1n) is 9.80. The predicted molar refractivity (Wildman–Crippen MR) is 122 cm³/mol. The minimum absolute atomic E-state index is 0.734. The molecule has 4 rings (SSSR count). The van der Waals surface area contributed by atoms with E-state index < -0.39 is 6.10 Å². The molecule has 1 heteroatoms. The second-order valence-electron chi connectivity index (χ2n) is 6.89. The summed E-state index contributed by atoms with van der Waals surface area (Å²) in [5, 5.41) is 10.9. The van der Waals surface area contributed by atoms with Gasteiger partial charge in [-0.15, -0.1) is 0 Å². The molecule has 30 heavy (non-hydrogen) atoms. The van der Waals surface area contributed by atoms with Gasteiger partial charge in [0, 0.05) is 22.3 Å². The SMILES string of the molecule is OC(c1cccc(C#Cc2ccccc2)c1)c1cccc(C#Cc2ccccc2)c1. The van der Waals surface area contributed by atoms with Gasteiger partial charge in [-0.1, -0.05) is 84.3 Å². The zero-order valence-electron chi connectivity index (χ0n) is 16.4. The van der Waals surface area contributed by atoms with Gasteiger partial charge in [-0.05, 0) is 59.7 Å². The van der Waals surface area contributed by atoms with Crippen molar-refractivity contribution < 1.29 is 5.11 Å². The lowest BCUT2D eigenvalue weighted by atomic mass is 9.98. The molecule has 0 bridgehead atoms. The van der Waals surface area contributed by atoms with E-state index in [-0.39, 0.29) is 0 Å². The first-order valence-corrected chi connectivity index (χ1v) is 9.80. The number of hydrogen-bond donors (Lipinski definition) is 1. The maximum atomic E-state index is 10.9. The molecule has 142 valence electrons. The average molecular weight is 384 g/mol. The Morgan fingerprint density at radius 2 is 0.800 bits per heavy atom. The molecule has 0 saturated heterocycles. The highest BCUT2D eigenvalue weighted by Crippen LogP contribution is 2.23. The highest BCUT2D eigenvalue weighted by Gasteiger charge is 2.11. The maximum absolute atomic E-state index is 10.9. The van der Waals surface area contributed by atoms with Gasteiger partial charge >= 0.3 is 0 Å². The lowest BCUT2D eigenvalue weighted by Crippen LogP contribution is -2.00. The summed E-state index contributed by atoms with van der Waals surface area (Å²) in [7, 11) is 0. The molecule has 0 aliphatic rings. The molecule has 0 radical (unpaired) electrons. The van der Waals surface area contributed by atoms with Gasteiger partial charge < -0.3 is 5.11 Å². The highest BCUT2D eigenvalue weighted by atomic mass is 16.3. The van der Waals surface area contributed by atoms with Gasteiger partial charge in [0.15, 0.2) is 0 Å². The van der Waals surface area contributed by atoms with Crippen molar-refractivity contribution in [3.63, 3.8) is 0 Å². The smallest absolute Gasteiger partial charge is 0.104 e. The third-order valence-electron chi connectivity index (χ3n) is 4.65. The Labute approximate surface area is 177 Å². The predicted octanol–water partition coefficient (Wildman–Crippen LogP) is 5.57. The molecule has 0 atom stereocenters. The minimum Gasteiger partial charge on any atom is -0.384 e. The standard InChI is InChI=1S/C29H20O/c30-29(27-15-7-13-25(21-27)19-17-23-9-3-1-4-10-23)28-16-8-14-26(22-28)20-18-24-11-5-2-6-12-24/h1-16,21-22,29-30H. The largest absolute Gasteiger partial charge is 0.384 e. The lowest BCUT2D eigenvalue weighted by molar-refractivity contribution is 0.220. The van der Waals surface area contributed by atoms with E-state index in [9.17, 15) is 5.11 Å². The molecule has 0 heterocycles. The fourth-order valence-corrected chi connectivity index (χ4v) is 3.10. The molecule has 0 aliphatic heterocycles. The Balaban J connectivity index is 1.56. The number of aliphatic hydroxyl groups excluding tert-OH is 1. The second kappa shape index (κ2) is 9.44. The number of rotatable bonds is 2. The summed E-state index contributed by atoms with van der Waals surface area (Å²) in [6.07, 6.45) is -0.734. The topological polar surface area (TPSA) is 20.2 Å². The van der Waals surface area contributed by atoms with Crippen molar-refractivity contribution in [1.82, 2.24) is 0 Å². The first kappa shape index (κ1) is 19.3. The van der Waals surface area contributed by atoms with Crippen molar-refractivity contribution in [3.8, 4) is 23.7 Å². The Morgan fingerprint density at radius 3 is 1.23 bits per heavy atom. The van der Waals surface area contributed by atoms with Crippen molar-refractivity contribution in [2.75, 3.05) is 0 Å². The van der Waals surface area contributed by atoms with E-state index in [1.54, 1.807) is 0 Å². The minimum atomic E-state index is -0.734. The Morgan fingerprint density at radius 1 is 0.433 bits per heavy atom. The van der Waals surface area contributed by atoms with Crippen LogP contribution in [0.4, 0.5) is 0 Å². The molecule has 4 aromatic carbocycles. The molecule has 0 saturated carbocycles. The summed E-state index contributed by atoms with van der Waals surface area (Å²) >= 11 is 0. The summed E-state index contributed by atoms with van der Waals surface area (Å²) in [6, 6.07) is 35.2. The van der Waals surface area contributed by atoms with E-state index in [2.05, 4.69) is 23.7 Å². The van der Waals surface area contributed by atoms with Crippen LogP contribution in [0.2, 0.25) is 0 Å². The van der Waals surface area contributed by atoms with Crippen LogP contribution in [0.15, 0.2) is 109 Å². The van der Waals surface area contributed by atoms with Crippen LogP contribution >= 0.6 is 0 Å². The zero-order chi connectivity index (χ0) is 20.6. The van der Waals surface area contributed by atoms with Crippen LogP contribution in [-0.2, 0) is 0 Å². The zero-order valence-corrected chi connectivity index (χ0v) is 16.4. The Kier molecular flexibility index (Phi) is 6.07. The van der Waals surface area contributed by atoms with Gasteiger partial charge in [0.1, 0.15) is 6.10 Å². The quantitative estimate of drug-likeness (QED) is 0.448. The monoisotopic (exact) mass is 384 g/mol. The van der Waals surface area contributed by atoms with Gasteiger partial charge in [-0.2, -0.15) is 0 Å². The van der Waals surface area contributed by atoms with E-state index in [4.69, 9.17) is 0 Å². The fraction of sp³-hybridized carbons (Fsp3) is 0.0345. The van der Waals surface area contributed by atoms with Gasteiger partial charge in [-0.25, -0.2) is 0 Å². The van der Waals surface area contributed by atoms with Gasteiger partial charge in [0.25, 0.3) is 0 Å². The van der Waals surface area contributed by atoms with Crippen LogP contribution in [0.1, 0.15) is 39.5 Å². The summed E-state index contributed by atoms with van der Waals surface area (Å²) in [5.41, 5.74) is 5.29. The summed E-state index contributed by atoms with van der Waals surface area (Å²) in [4.78, 5) is 0. The van der Waals surface area contributed by atoms with E-state index in [1.165, 1.54) is 0 Å².